The van der Waals surface area contributed by atoms with Gasteiger partial charge in [-0.1, -0.05) is 53.7 Å². The van der Waals surface area contributed by atoms with Gasteiger partial charge in [0.05, 0.1) is 6.54 Å². The standard InChI is InChI=1S/C26H29N5O/c1-2-9-23-21(7-1)8-5-10-24(23)25-19-22(32-29-25)20-27-12-6-14-30-15-17-31(18-16-30)26-11-3-4-13-28-26/h1-5,7-11,13,19,27H,6,12,14-18,20H2. The summed E-state index contributed by atoms with van der Waals surface area (Å²) in [5, 5.41) is 10.2. The first-order valence-corrected chi connectivity index (χ1v) is 11.4. The van der Waals surface area contributed by atoms with E-state index < -0.39 is 0 Å². The average molecular weight is 428 g/mol. The molecular formula is C26H29N5O. The molecule has 3 heterocycles. The number of piperazine rings is 1. The minimum absolute atomic E-state index is 0.700. The fourth-order valence-corrected chi connectivity index (χ4v) is 4.35. The zero-order valence-electron chi connectivity index (χ0n) is 18.3. The first-order valence-electron chi connectivity index (χ1n) is 11.4. The van der Waals surface area contributed by atoms with Crippen molar-refractivity contribution in [2.24, 2.45) is 0 Å². The van der Waals surface area contributed by atoms with Crippen LogP contribution < -0.4 is 10.2 Å². The van der Waals surface area contributed by atoms with Crippen molar-refractivity contribution >= 4 is 16.6 Å². The smallest absolute Gasteiger partial charge is 0.151 e. The molecule has 1 aliphatic rings. The fraction of sp³-hybridized carbons (Fsp3) is 0.308. The van der Waals surface area contributed by atoms with E-state index in [0.29, 0.717) is 6.54 Å². The van der Waals surface area contributed by atoms with Crippen molar-refractivity contribution in [2.75, 3.05) is 44.2 Å². The third-order valence-corrected chi connectivity index (χ3v) is 6.10. The van der Waals surface area contributed by atoms with E-state index in [4.69, 9.17) is 4.52 Å². The van der Waals surface area contributed by atoms with Crippen LogP contribution in [0.1, 0.15) is 12.2 Å². The molecule has 0 aliphatic carbocycles. The third kappa shape index (κ3) is 4.82. The molecule has 4 aromatic rings. The van der Waals surface area contributed by atoms with E-state index in [9.17, 15) is 0 Å². The summed E-state index contributed by atoms with van der Waals surface area (Å²) in [6, 6.07) is 22.8. The van der Waals surface area contributed by atoms with Crippen LogP contribution in [0.15, 0.2) is 77.4 Å². The second-order valence-corrected chi connectivity index (χ2v) is 8.25. The van der Waals surface area contributed by atoms with Gasteiger partial charge in [0.2, 0.25) is 0 Å². The summed E-state index contributed by atoms with van der Waals surface area (Å²) in [6.07, 6.45) is 2.99. The maximum absolute atomic E-state index is 5.58. The molecule has 0 radical (unpaired) electrons. The zero-order chi connectivity index (χ0) is 21.6. The van der Waals surface area contributed by atoms with Crippen molar-refractivity contribution < 1.29 is 4.52 Å². The number of nitrogens with one attached hydrogen (secondary N) is 1. The molecule has 2 aromatic carbocycles. The quantitative estimate of drug-likeness (QED) is 0.426. The van der Waals surface area contributed by atoms with Crippen LogP contribution in [0.2, 0.25) is 0 Å². The SMILES string of the molecule is c1ccc(N2CCN(CCCNCc3cc(-c4cccc5ccccc45)no3)CC2)nc1. The molecule has 0 amide bonds. The van der Waals surface area contributed by atoms with Gasteiger partial charge in [0, 0.05) is 44.0 Å². The number of rotatable bonds is 8. The van der Waals surface area contributed by atoms with Gasteiger partial charge in [-0.2, -0.15) is 0 Å². The van der Waals surface area contributed by atoms with Gasteiger partial charge in [-0.15, -0.1) is 0 Å². The summed E-state index contributed by atoms with van der Waals surface area (Å²) < 4.78 is 5.58. The number of hydrogen-bond acceptors (Lipinski definition) is 6. The highest BCUT2D eigenvalue weighted by molar-refractivity contribution is 5.95. The molecule has 0 atom stereocenters. The molecule has 0 unspecified atom stereocenters. The van der Waals surface area contributed by atoms with E-state index in [1.54, 1.807) is 0 Å². The van der Waals surface area contributed by atoms with Crippen LogP contribution in [0.5, 0.6) is 0 Å². The lowest BCUT2D eigenvalue weighted by Crippen LogP contribution is -2.47. The lowest BCUT2D eigenvalue weighted by Gasteiger charge is -2.35. The summed E-state index contributed by atoms with van der Waals surface area (Å²) in [6.45, 7) is 7.04. The highest BCUT2D eigenvalue weighted by Gasteiger charge is 2.17. The maximum atomic E-state index is 5.58. The van der Waals surface area contributed by atoms with E-state index in [0.717, 1.165) is 68.5 Å². The number of anilines is 1. The van der Waals surface area contributed by atoms with Gasteiger partial charge in [-0.3, -0.25) is 4.90 Å². The molecule has 164 valence electrons. The number of benzene rings is 2. The van der Waals surface area contributed by atoms with E-state index >= 15 is 0 Å². The highest BCUT2D eigenvalue weighted by Crippen LogP contribution is 2.28. The molecule has 1 aliphatic heterocycles. The van der Waals surface area contributed by atoms with Crippen LogP contribution in [-0.4, -0.2) is 54.3 Å². The van der Waals surface area contributed by atoms with E-state index in [1.807, 2.05) is 18.3 Å². The van der Waals surface area contributed by atoms with Gasteiger partial charge in [-0.05, 0) is 42.4 Å². The lowest BCUT2D eigenvalue weighted by atomic mass is 10.0. The number of aromatic nitrogens is 2. The Bertz CT molecular complexity index is 1130. The van der Waals surface area contributed by atoms with Crippen LogP contribution >= 0.6 is 0 Å². The first kappa shape index (κ1) is 20.7. The summed E-state index contributed by atoms with van der Waals surface area (Å²) in [5.41, 5.74) is 2.01. The minimum Gasteiger partial charge on any atom is -0.359 e. The fourth-order valence-electron chi connectivity index (χ4n) is 4.35. The van der Waals surface area contributed by atoms with E-state index in [-0.39, 0.29) is 0 Å². The van der Waals surface area contributed by atoms with Crippen LogP contribution in [0.4, 0.5) is 5.82 Å². The molecular weight excluding hydrogens is 398 g/mol. The monoisotopic (exact) mass is 427 g/mol. The number of fused-ring (bicyclic) bond motifs is 1. The van der Waals surface area contributed by atoms with Gasteiger partial charge >= 0.3 is 0 Å². The molecule has 5 rings (SSSR count). The second kappa shape index (κ2) is 9.94. The average Bonchev–Trinajstić information content (AvgIpc) is 3.33. The van der Waals surface area contributed by atoms with Crippen molar-refractivity contribution in [3.63, 3.8) is 0 Å². The molecule has 32 heavy (non-hydrogen) atoms. The predicted octanol–water partition coefficient (Wildman–Crippen LogP) is 4.19. The van der Waals surface area contributed by atoms with Gasteiger partial charge < -0.3 is 14.7 Å². The molecule has 0 bridgehead atoms. The van der Waals surface area contributed by atoms with Gasteiger partial charge in [0.25, 0.3) is 0 Å². The van der Waals surface area contributed by atoms with Gasteiger partial charge in [0.15, 0.2) is 5.76 Å². The van der Waals surface area contributed by atoms with Crippen LogP contribution in [0.25, 0.3) is 22.0 Å². The third-order valence-electron chi connectivity index (χ3n) is 6.10. The van der Waals surface area contributed by atoms with Gasteiger partial charge in [0.1, 0.15) is 11.5 Å². The summed E-state index contributed by atoms with van der Waals surface area (Å²) in [7, 11) is 0. The molecule has 1 saturated heterocycles. The Labute approximate surface area is 188 Å². The van der Waals surface area contributed by atoms with E-state index in [1.165, 1.54) is 10.8 Å². The Hall–Kier alpha value is -3.22. The summed E-state index contributed by atoms with van der Waals surface area (Å²) in [5.74, 6) is 1.96. The largest absolute Gasteiger partial charge is 0.359 e. The van der Waals surface area contributed by atoms with Crippen LogP contribution in [0, 0.1) is 0 Å². The van der Waals surface area contributed by atoms with Crippen LogP contribution in [-0.2, 0) is 6.54 Å². The van der Waals surface area contributed by atoms with Crippen molar-refractivity contribution in [2.45, 2.75) is 13.0 Å². The molecule has 2 aromatic heterocycles. The summed E-state index contributed by atoms with van der Waals surface area (Å²) >= 11 is 0. The normalized spacial score (nSPS) is 14.8. The Kier molecular flexibility index (Phi) is 6.42. The predicted molar refractivity (Wildman–Crippen MR) is 129 cm³/mol. The molecule has 1 N–H and O–H groups in total. The van der Waals surface area contributed by atoms with Crippen LogP contribution in [0.3, 0.4) is 0 Å². The topological polar surface area (TPSA) is 57.4 Å². The van der Waals surface area contributed by atoms with Crippen molar-refractivity contribution in [1.29, 1.82) is 0 Å². The molecule has 0 saturated carbocycles. The Balaban J connectivity index is 1.05. The molecule has 0 spiro atoms. The highest BCUT2D eigenvalue weighted by atomic mass is 16.5. The number of nitrogens with zero attached hydrogens (tertiary/aromatic N) is 4. The first-order chi connectivity index (χ1) is 15.9. The van der Waals surface area contributed by atoms with Crippen molar-refractivity contribution in [1.82, 2.24) is 20.4 Å². The molecule has 1 fully saturated rings. The lowest BCUT2D eigenvalue weighted by molar-refractivity contribution is 0.252. The minimum atomic E-state index is 0.700. The maximum Gasteiger partial charge on any atom is 0.151 e. The molecule has 6 heteroatoms. The van der Waals surface area contributed by atoms with Gasteiger partial charge in [-0.25, -0.2) is 4.98 Å². The van der Waals surface area contributed by atoms with Crippen molar-refractivity contribution in [3.8, 4) is 11.3 Å². The Morgan fingerprint density at radius 3 is 2.62 bits per heavy atom. The zero-order valence-corrected chi connectivity index (χ0v) is 18.3. The number of hydrogen-bond donors (Lipinski definition) is 1. The summed E-state index contributed by atoms with van der Waals surface area (Å²) in [4.78, 5) is 9.37. The molecule has 6 nitrogen and oxygen atoms in total. The second-order valence-electron chi connectivity index (χ2n) is 8.25. The number of pyridine rings is 1. The van der Waals surface area contributed by atoms with Crippen molar-refractivity contribution in [3.05, 3.63) is 78.7 Å². The Morgan fingerprint density at radius 1 is 0.906 bits per heavy atom. The van der Waals surface area contributed by atoms with E-state index in [2.05, 4.69) is 79.9 Å². The Morgan fingerprint density at radius 2 is 1.75 bits per heavy atom.